The first-order valence-electron chi connectivity index (χ1n) is 8.32. The van der Waals surface area contributed by atoms with Crippen LogP contribution in [0, 0.1) is 0 Å². The number of benzene rings is 1. The maximum absolute atomic E-state index is 5.90. The van der Waals surface area contributed by atoms with Gasteiger partial charge in [0, 0.05) is 6.54 Å². The maximum atomic E-state index is 5.90. The highest BCUT2D eigenvalue weighted by atomic mass is 16.5. The van der Waals surface area contributed by atoms with Crippen LogP contribution in [0.15, 0.2) is 24.3 Å². The topological polar surface area (TPSA) is 21.3 Å². The van der Waals surface area contributed by atoms with Crippen molar-refractivity contribution in [3.8, 4) is 0 Å². The summed E-state index contributed by atoms with van der Waals surface area (Å²) in [5.74, 6) is 0. The Bertz CT molecular complexity index is 377. The Balaban J connectivity index is 1.61. The van der Waals surface area contributed by atoms with E-state index < -0.39 is 0 Å². The first-order valence-corrected chi connectivity index (χ1v) is 8.32. The molecule has 1 heterocycles. The van der Waals surface area contributed by atoms with Gasteiger partial charge in [-0.3, -0.25) is 0 Å². The zero-order valence-corrected chi connectivity index (χ0v) is 12.9. The van der Waals surface area contributed by atoms with E-state index in [1.807, 2.05) is 0 Å². The normalized spacial score (nSPS) is 17.9. The molecule has 1 atom stereocenters. The highest BCUT2D eigenvalue weighted by Crippen LogP contribution is 2.26. The van der Waals surface area contributed by atoms with E-state index in [1.54, 1.807) is 0 Å². The summed E-state index contributed by atoms with van der Waals surface area (Å²) in [5, 5.41) is 3.56. The monoisotopic (exact) mass is 275 g/mol. The van der Waals surface area contributed by atoms with Gasteiger partial charge in [-0.25, -0.2) is 0 Å². The Morgan fingerprint density at radius 2 is 1.90 bits per heavy atom. The molecular formula is C18H29NO. The largest absolute Gasteiger partial charge is 0.372 e. The Morgan fingerprint density at radius 1 is 1.10 bits per heavy atom. The Hall–Kier alpha value is -0.860. The molecule has 2 rings (SSSR count). The minimum atomic E-state index is 0.250. The minimum absolute atomic E-state index is 0.250. The zero-order valence-electron chi connectivity index (χ0n) is 12.9. The van der Waals surface area contributed by atoms with Crippen molar-refractivity contribution < 1.29 is 4.74 Å². The van der Waals surface area contributed by atoms with Crippen LogP contribution in [0.1, 0.15) is 62.7 Å². The van der Waals surface area contributed by atoms with Crippen molar-refractivity contribution in [2.75, 3.05) is 19.7 Å². The highest BCUT2D eigenvalue weighted by molar-refractivity contribution is 5.31. The molecule has 112 valence electrons. The number of ether oxygens (including phenoxy) is 1. The summed E-state index contributed by atoms with van der Waals surface area (Å²) < 4.78 is 5.90. The van der Waals surface area contributed by atoms with Gasteiger partial charge >= 0.3 is 0 Å². The molecule has 0 fully saturated rings. The van der Waals surface area contributed by atoms with Crippen molar-refractivity contribution in [2.45, 2.75) is 58.0 Å². The van der Waals surface area contributed by atoms with Crippen molar-refractivity contribution in [2.24, 2.45) is 0 Å². The van der Waals surface area contributed by atoms with Gasteiger partial charge in [0.25, 0.3) is 0 Å². The minimum Gasteiger partial charge on any atom is -0.372 e. The summed E-state index contributed by atoms with van der Waals surface area (Å²) in [5.41, 5.74) is 2.85. The predicted molar refractivity (Wildman–Crippen MR) is 85.1 cm³/mol. The van der Waals surface area contributed by atoms with E-state index in [-0.39, 0.29) is 6.10 Å². The number of rotatable bonds is 9. The fraction of sp³-hybridized carbons (Fsp3) is 0.667. The van der Waals surface area contributed by atoms with E-state index in [1.165, 1.54) is 49.7 Å². The molecule has 1 aliphatic rings. The van der Waals surface area contributed by atoms with Crippen LogP contribution in [-0.4, -0.2) is 19.7 Å². The molecule has 1 aliphatic heterocycles. The number of fused-ring (bicyclic) bond motifs is 1. The molecule has 0 amide bonds. The molecule has 0 radical (unpaired) electrons. The van der Waals surface area contributed by atoms with Gasteiger partial charge in [-0.1, -0.05) is 63.3 Å². The molecule has 1 N–H and O–H groups in total. The fourth-order valence-electron chi connectivity index (χ4n) is 2.91. The summed E-state index contributed by atoms with van der Waals surface area (Å²) in [6.45, 7) is 5.20. The molecule has 0 aromatic heterocycles. The molecular weight excluding hydrogens is 246 g/mol. The molecule has 0 aliphatic carbocycles. The molecule has 0 bridgehead atoms. The standard InChI is InChI=1S/C18H29NO/c1-2-3-4-5-6-9-13-19-15-18-17-11-8-7-10-16(17)12-14-20-18/h7-8,10-11,18-19H,2-6,9,12-15H2,1H3. The first-order chi connectivity index (χ1) is 9.92. The highest BCUT2D eigenvalue weighted by Gasteiger charge is 2.19. The number of hydrogen-bond acceptors (Lipinski definition) is 2. The fourth-order valence-corrected chi connectivity index (χ4v) is 2.91. The molecule has 0 saturated heterocycles. The Kier molecular flexibility index (Phi) is 7.10. The second-order valence-corrected chi connectivity index (χ2v) is 5.78. The quantitative estimate of drug-likeness (QED) is 0.680. The van der Waals surface area contributed by atoms with Crippen molar-refractivity contribution in [1.82, 2.24) is 5.32 Å². The Labute approximate surface area is 123 Å². The third-order valence-corrected chi connectivity index (χ3v) is 4.13. The summed E-state index contributed by atoms with van der Waals surface area (Å²) in [6, 6.07) is 8.70. The lowest BCUT2D eigenvalue weighted by atomic mass is 9.97. The molecule has 1 unspecified atom stereocenters. The van der Waals surface area contributed by atoms with Crippen molar-refractivity contribution in [3.05, 3.63) is 35.4 Å². The van der Waals surface area contributed by atoms with Gasteiger partial charge in [0.05, 0.1) is 12.7 Å². The molecule has 1 aromatic carbocycles. The van der Waals surface area contributed by atoms with Crippen LogP contribution < -0.4 is 5.32 Å². The van der Waals surface area contributed by atoms with E-state index in [0.717, 1.165) is 26.1 Å². The van der Waals surface area contributed by atoms with Gasteiger partial charge < -0.3 is 10.1 Å². The third kappa shape index (κ3) is 4.92. The predicted octanol–water partition coefficient (Wildman–Crippen LogP) is 4.25. The number of hydrogen-bond donors (Lipinski definition) is 1. The van der Waals surface area contributed by atoms with Gasteiger partial charge in [-0.05, 0) is 30.5 Å². The van der Waals surface area contributed by atoms with Gasteiger partial charge in [-0.2, -0.15) is 0 Å². The lowest BCUT2D eigenvalue weighted by Crippen LogP contribution is -2.28. The lowest BCUT2D eigenvalue weighted by Gasteiger charge is -2.26. The number of nitrogens with one attached hydrogen (secondary N) is 1. The third-order valence-electron chi connectivity index (χ3n) is 4.13. The summed E-state index contributed by atoms with van der Waals surface area (Å²) in [6.07, 6.45) is 9.46. The van der Waals surface area contributed by atoms with Crippen LogP contribution in [0.4, 0.5) is 0 Å². The average Bonchev–Trinajstić information content (AvgIpc) is 2.50. The molecule has 0 saturated carbocycles. The maximum Gasteiger partial charge on any atom is 0.0952 e. The number of unbranched alkanes of at least 4 members (excludes halogenated alkanes) is 5. The Morgan fingerprint density at radius 3 is 2.80 bits per heavy atom. The smallest absolute Gasteiger partial charge is 0.0952 e. The molecule has 2 heteroatoms. The van der Waals surface area contributed by atoms with E-state index in [9.17, 15) is 0 Å². The van der Waals surface area contributed by atoms with Crippen LogP contribution in [0.3, 0.4) is 0 Å². The molecule has 1 aromatic rings. The van der Waals surface area contributed by atoms with E-state index in [4.69, 9.17) is 4.74 Å². The molecule has 0 spiro atoms. The van der Waals surface area contributed by atoms with Crippen molar-refractivity contribution in [3.63, 3.8) is 0 Å². The second-order valence-electron chi connectivity index (χ2n) is 5.78. The van der Waals surface area contributed by atoms with Crippen LogP contribution in [0.25, 0.3) is 0 Å². The molecule has 20 heavy (non-hydrogen) atoms. The lowest BCUT2D eigenvalue weighted by molar-refractivity contribution is 0.0426. The van der Waals surface area contributed by atoms with Crippen LogP contribution in [0.5, 0.6) is 0 Å². The van der Waals surface area contributed by atoms with Crippen LogP contribution >= 0.6 is 0 Å². The van der Waals surface area contributed by atoms with Crippen molar-refractivity contribution >= 4 is 0 Å². The van der Waals surface area contributed by atoms with E-state index in [2.05, 4.69) is 36.5 Å². The summed E-state index contributed by atoms with van der Waals surface area (Å²) in [7, 11) is 0. The van der Waals surface area contributed by atoms with E-state index >= 15 is 0 Å². The second kappa shape index (κ2) is 9.15. The van der Waals surface area contributed by atoms with Crippen LogP contribution in [0.2, 0.25) is 0 Å². The first kappa shape index (κ1) is 15.5. The zero-order chi connectivity index (χ0) is 14.0. The van der Waals surface area contributed by atoms with E-state index in [0.29, 0.717) is 0 Å². The van der Waals surface area contributed by atoms with Gasteiger partial charge in [-0.15, -0.1) is 0 Å². The van der Waals surface area contributed by atoms with Crippen LogP contribution in [-0.2, 0) is 11.2 Å². The SMILES string of the molecule is CCCCCCCCNCC1OCCc2ccccc21. The summed E-state index contributed by atoms with van der Waals surface area (Å²) in [4.78, 5) is 0. The average molecular weight is 275 g/mol. The van der Waals surface area contributed by atoms with Crippen molar-refractivity contribution in [1.29, 1.82) is 0 Å². The van der Waals surface area contributed by atoms with Gasteiger partial charge in [0.2, 0.25) is 0 Å². The molecule has 2 nitrogen and oxygen atoms in total. The summed E-state index contributed by atoms with van der Waals surface area (Å²) >= 11 is 0. The van der Waals surface area contributed by atoms with Gasteiger partial charge in [0.1, 0.15) is 0 Å². The van der Waals surface area contributed by atoms with Gasteiger partial charge in [0.15, 0.2) is 0 Å².